The summed E-state index contributed by atoms with van der Waals surface area (Å²) >= 11 is 0. The van der Waals surface area contributed by atoms with E-state index < -0.39 is 0 Å². The largest absolute Gasteiger partial charge is 0.465 e. The van der Waals surface area contributed by atoms with E-state index in [1.54, 1.807) is 0 Å². The van der Waals surface area contributed by atoms with Gasteiger partial charge in [-0.2, -0.15) is 0 Å². The lowest BCUT2D eigenvalue weighted by Crippen LogP contribution is -2.24. The maximum absolute atomic E-state index is 11.6. The van der Waals surface area contributed by atoms with E-state index in [0.29, 0.717) is 18.9 Å². The van der Waals surface area contributed by atoms with Crippen LogP contribution in [0.25, 0.3) is 0 Å². The molecule has 1 aliphatic heterocycles. The molecular weight excluding hydrogens is 268 g/mol. The highest BCUT2D eigenvalue weighted by Gasteiger charge is 2.15. The Kier molecular flexibility index (Phi) is 6.05. The summed E-state index contributed by atoms with van der Waals surface area (Å²) < 4.78 is 16.5. The minimum atomic E-state index is -0.187. The molecule has 1 aliphatic rings. The molecule has 0 bridgehead atoms. The second kappa shape index (κ2) is 8.03. The fourth-order valence-electron chi connectivity index (χ4n) is 2.12. The molecule has 2 rings (SSSR count). The van der Waals surface area contributed by atoms with Crippen LogP contribution in [0.4, 0.5) is 0 Å². The highest BCUT2D eigenvalue weighted by molar-refractivity contribution is 5.72. The van der Waals surface area contributed by atoms with Crippen LogP contribution < -0.4 is 4.74 Å². The van der Waals surface area contributed by atoms with Gasteiger partial charge in [0.2, 0.25) is 0 Å². The van der Waals surface area contributed by atoms with Crippen molar-refractivity contribution in [3.05, 3.63) is 29.8 Å². The van der Waals surface area contributed by atoms with Crippen LogP contribution in [0, 0.1) is 5.92 Å². The summed E-state index contributed by atoms with van der Waals surface area (Å²) in [5, 5.41) is 0. The van der Waals surface area contributed by atoms with Gasteiger partial charge in [0.05, 0.1) is 19.6 Å². The topological polar surface area (TPSA) is 44.8 Å². The molecule has 0 spiro atoms. The Morgan fingerprint density at radius 2 is 2.05 bits per heavy atom. The monoisotopic (exact) mass is 292 g/mol. The normalized spacial score (nSPS) is 18.5. The van der Waals surface area contributed by atoms with Gasteiger partial charge in [0.1, 0.15) is 5.75 Å². The second-order valence-electron chi connectivity index (χ2n) is 5.81. The zero-order valence-electron chi connectivity index (χ0n) is 12.8. The van der Waals surface area contributed by atoms with Crippen LogP contribution in [-0.4, -0.2) is 25.5 Å². The lowest BCUT2D eigenvalue weighted by atomic mass is 10.1. The SMILES string of the molecule is CC(C)COC(=O)Cc1ccc(OC2CCCCO2)cc1. The molecule has 1 fully saturated rings. The molecule has 1 aromatic carbocycles. The molecule has 0 amide bonds. The van der Waals surface area contributed by atoms with Crippen LogP contribution in [0.15, 0.2) is 24.3 Å². The minimum Gasteiger partial charge on any atom is -0.465 e. The van der Waals surface area contributed by atoms with E-state index >= 15 is 0 Å². The minimum absolute atomic E-state index is 0.138. The van der Waals surface area contributed by atoms with E-state index in [0.717, 1.165) is 37.2 Å². The summed E-state index contributed by atoms with van der Waals surface area (Å²) in [6.07, 6.45) is 3.35. The molecule has 1 unspecified atom stereocenters. The van der Waals surface area contributed by atoms with Crippen LogP contribution >= 0.6 is 0 Å². The van der Waals surface area contributed by atoms with Crippen LogP contribution in [0.1, 0.15) is 38.7 Å². The average Bonchev–Trinajstić information content (AvgIpc) is 2.48. The average molecular weight is 292 g/mol. The summed E-state index contributed by atoms with van der Waals surface area (Å²) in [5.74, 6) is 0.953. The summed E-state index contributed by atoms with van der Waals surface area (Å²) in [6, 6.07) is 7.55. The van der Waals surface area contributed by atoms with E-state index in [9.17, 15) is 4.79 Å². The third kappa shape index (κ3) is 5.76. The molecule has 1 atom stereocenters. The predicted octanol–water partition coefficient (Wildman–Crippen LogP) is 3.33. The van der Waals surface area contributed by atoms with Crippen molar-refractivity contribution in [3.63, 3.8) is 0 Å². The fraction of sp³-hybridized carbons (Fsp3) is 0.588. The molecule has 0 N–H and O–H groups in total. The molecule has 0 aliphatic carbocycles. The molecule has 0 aromatic heterocycles. The lowest BCUT2D eigenvalue weighted by molar-refractivity contribution is -0.143. The Labute approximate surface area is 126 Å². The molecule has 116 valence electrons. The Balaban J connectivity index is 1.79. The first-order valence-electron chi connectivity index (χ1n) is 7.66. The van der Waals surface area contributed by atoms with Crippen molar-refractivity contribution in [2.45, 2.75) is 45.8 Å². The number of rotatable bonds is 6. The maximum atomic E-state index is 11.6. The van der Waals surface area contributed by atoms with Gasteiger partial charge < -0.3 is 14.2 Å². The van der Waals surface area contributed by atoms with Crippen LogP contribution in [0.3, 0.4) is 0 Å². The molecule has 1 heterocycles. The first kappa shape index (κ1) is 15.8. The number of carbonyl (C=O) groups is 1. The van der Waals surface area contributed by atoms with Gasteiger partial charge >= 0.3 is 5.97 Å². The number of esters is 1. The molecule has 0 radical (unpaired) electrons. The van der Waals surface area contributed by atoms with Crippen LogP contribution in [0.2, 0.25) is 0 Å². The van der Waals surface area contributed by atoms with Gasteiger partial charge in [-0.05, 0) is 36.5 Å². The Bertz CT molecular complexity index is 433. The van der Waals surface area contributed by atoms with Gasteiger partial charge in [0, 0.05) is 6.42 Å². The third-order valence-electron chi connectivity index (χ3n) is 3.25. The van der Waals surface area contributed by atoms with Crippen molar-refractivity contribution in [2.75, 3.05) is 13.2 Å². The van der Waals surface area contributed by atoms with E-state index in [-0.39, 0.29) is 12.3 Å². The number of hydrogen-bond acceptors (Lipinski definition) is 4. The second-order valence-corrected chi connectivity index (χ2v) is 5.81. The van der Waals surface area contributed by atoms with E-state index in [4.69, 9.17) is 14.2 Å². The van der Waals surface area contributed by atoms with Crippen LogP contribution in [-0.2, 0) is 20.7 Å². The molecular formula is C17H24O4. The van der Waals surface area contributed by atoms with Crippen molar-refractivity contribution in [1.29, 1.82) is 0 Å². The quantitative estimate of drug-likeness (QED) is 0.754. The smallest absolute Gasteiger partial charge is 0.310 e. The zero-order valence-corrected chi connectivity index (χ0v) is 12.8. The Morgan fingerprint density at radius 1 is 1.29 bits per heavy atom. The summed E-state index contributed by atoms with van der Waals surface area (Å²) in [6.45, 7) is 5.28. The summed E-state index contributed by atoms with van der Waals surface area (Å²) in [5.41, 5.74) is 0.931. The van der Waals surface area contributed by atoms with E-state index in [1.165, 1.54) is 0 Å². The number of carbonyl (C=O) groups excluding carboxylic acids is 1. The highest BCUT2D eigenvalue weighted by Crippen LogP contribution is 2.19. The number of hydrogen-bond donors (Lipinski definition) is 0. The van der Waals surface area contributed by atoms with Gasteiger partial charge in [-0.15, -0.1) is 0 Å². The van der Waals surface area contributed by atoms with Crippen LogP contribution in [0.5, 0.6) is 5.75 Å². The van der Waals surface area contributed by atoms with Gasteiger partial charge in [0.15, 0.2) is 6.29 Å². The van der Waals surface area contributed by atoms with Gasteiger partial charge in [-0.25, -0.2) is 0 Å². The van der Waals surface area contributed by atoms with Gasteiger partial charge in [0.25, 0.3) is 0 Å². The van der Waals surface area contributed by atoms with E-state index in [2.05, 4.69) is 0 Å². The van der Waals surface area contributed by atoms with Crippen molar-refractivity contribution < 1.29 is 19.0 Å². The Morgan fingerprint density at radius 3 is 2.67 bits per heavy atom. The highest BCUT2D eigenvalue weighted by atomic mass is 16.7. The molecule has 21 heavy (non-hydrogen) atoms. The molecule has 1 aromatic rings. The van der Waals surface area contributed by atoms with Crippen molar-refractivity contribution >= 4 is 5.97 Å². The third-order valence-corrected chi connectivity index (χ3v) is 3.25. The fourth-order valence-corrected chi connectivity index (χ4v) is 2.12. The lowest BCUT2D eigenvalue weighted by Gasteiger charge is -2.23. The van der Waals surface area contributed by atoms with Gasteiger partial charge in [-0.1, -0.05) is 26.0 Å². The van der Waals surface area contributed by atoms with Gasteiger partial charge in [-0.3, -0.25) is 4.79 Å². The van der Waals surface area contributed by atoms with Crippen molar-refractivity contribution in [3.8, 4) is 5.75 Å². The maximum Gasteiger partial charge on any atom is 0.310 e. The molecule has 0 saturated carbocycles. The number of benzene rings is 1. The molecule has 4 heteroatoms. The molecule has 1 saturated heterocycles. The molecule has 4 nitrogen and oxygen atoms in total. The zero-order chi connectivity index (χ0) is 15.1. The number of ether oxygens (including phenoxy) is 3. The first-order valence-corrected chi connectivity index (χ1v) is 7.66. The standard InChI is InChI=1S/C17H24O4/c1-13(2)12-20-16(18)11-14-6-8-15(9-7-14)21-17-5-3-4-10-19-17/h6-9,13,17H,3-5,10-12H2,1-2H3. The van der Waals surface area contributed by atoms with E-state index in [1.807, 2.05) is 38.1 Å². The summed E-state index contributed by atoms with van der Waals surface area (Å²) in [4.78, 5) is 11.6. The first-order chi connectivity index (χ1) is 10.1. The summed E-state index contributed by atoms with van der Waals surface area (Å²) in [7, 11) is 0. The predicted molar refractivity (Wildman–Crippen MR) is 80.2 cm³/mol. The van der Waals surface area contributed by atoms with Crippen molar-refractivity contribution in [2.24, 2.45) is 5.92 Å². The Hall–Kier alpha value is -1.55. The van der Waals surface area contributed by atoms with Crippen molar-refractivity contribution in [1.82, 2.24) is 0 Å².